The van der Waals surface area contributed by atoms with Gasteiger partial charge in [0.2, 0.25) is 5.91 Å². The number of fused-ring (bicyclic) bond motifs is 1. The zero-order valence-electron chi connectivity index (χ0n) is 18.7. The minimum absolute atomic E-state index is 0.0194. The molecular weight excluding hydrogens is 448 g/mol. The Morgan fingerprint density at radius 3 is 2.65 bits per heavy atom. The monoisotopic (exact) mass is 472 g/mol. The average molecular weight is 473 g/mol. The number of ether oxygens (including phenoxy) is 1. The Morgan fingerprint density at radius 2 is 1.79 bits per heavy atom. The van der Waals surface area contributed by atoms with Crippen LogP contribution in [0, 0.1) is 5.92 Å². The fraction of sp³-hybridized carbons (Fsp3) is 0.222. The Bertz CT molecular complexity index is 1300. The molecule has 0 unspecified atom stereocenters. The Balaban J connectivity index is 1.21. The Labute approximate surface area is 203 Å². The summed E-state index contributed by atoms with van der Waals surface area (Å²) in [5, 5.41) is 4.79. The number of carbonyl (C=O) groups excluding carboxylic acids is 1. The van der Waals surface area contributed by atoms with Crippen molar-refractivity contribution in [1.29, 1.82) is 0 Å². The van der Waals surface area contributed by atoms with Gasteiger partial charge in [-0.3, -0.25) is 4.79 Å². The van der Waals surface area contributed by atoms with E-state index in [1.165, 1.54) is 0 Å². The van der Waals surface area contributed by atoms with Gasteiger partial charge in [0.05, 0.1) is 11.2 Å². The number of piperidine rings is 1. The lowest BCUT2D eigenvalue weighted by molar-refractivity contribution is -0.120. The molecule has 0 spiro atoms. The molecule has 0 radical (unpaired) electrons. The maximum absolute atomic E-state index is 13.1. The highest BCUT2D eigenvalue weighted by molar-refractivity contribution is 6.30. The summed E-state index contributed by atoms with van der Waals surface area (Å²) in [6.07, 6.45) is 3.13. The summed E-state index contributed by atoms with van der Waals surface area (Å²) in [6.45, 7) is 1.91. The van der Waals surface area contributed by atoms with Gasteiger partial charge in [0.15, 0.2) is 0 Å². The number of amides is 1. The standard InChI is InChI=1S/C27H25ClN4O2/c28-21-7-5-6-19(16-21)17-34-25-11-4-3-10-24(25)31-27(33)20-12-14-32(15-13-20)26-22-8-1-2-9-23(22)29-18-30-26/h1-11,16,18,20H,12-15,17H2,(H,31,33). The van der Waals surface area contributed by atoms with Crippen molar-refractivity contribution in [2.24, 2.45) is 5.92 Å². The van der Waals surface area contributed by atoms with Crippen LogP contribution in [0.2, 0.25) is 5.02 Å². The van der Waals surface area contributed by atoms with Gasteiger partial charge in [0.25, 0.3) is 0 Å². The summed E-state index contributed by atoms with van der Waals surface area (Å²) in [5.74, 6) is 1.53. The Morgan fingerprint density at radius 1 is 1.00 bits per heavy atom. The minimum atomic E-state index is -0.0645. The topological polar surface area (TPSA) is 67.3 Å². The first-order valence-electron chi connectivity index (χ1n) is 11.4. The number of hydrogen-bond donors (Lipinski definition) is 1. The lowest BCUT2D eigenvalue weighted by atomic mass is 9.95. The van der Waals surface area contributed by atoms with Crippen molar-refractivity contribution in [3.63, 3.8) is 0 Å². The van der Waals surface area contributed by atoms with Crippen LogP contribution in [0.1, 0.15) is 18.4 Å². The predicted octanol–water partition coefficient (Wildman–Crippen LogP) is 5.72. The molecule has 3 aromatic carbocycles. The highest BCUT2D eigenvalue weighted by Crippen LogP contribution is 2.30. The van der Waals surface area contributed by atoms with Gasteiger partial charge in [0, 0.05) is 29.4 Å². The summed E-state index contributed by atoms with van der Waals surface area (Å²) in [5.41, 5.74) is 2.58. The summed E-state index contributed by atoms with van der Waals surface area (Å²) >= 11 is 6.07. The van der Waals surface area contributed by atoms with Crippen LogP contribution >= 0.6 is 11.6 Å². The average Bonchev–Trinajstić information content (AvgIpc) is 2.88. The van der Waals surface area contributed by atoms with Gasteiger partial charge in [-0.05, 0) is 54.8 Å². The van der Waals surface area contributed by atoms with Crippen LogP contribution in [0.25, 0.3) is 10.9 Å². The third-order valence-electron chi connectivity index (χ3n) is 6.12. The van der Waals surface area contributed by atoms with Crippen molar-refractivity contribution in [1.82, 2.24) is 9.97 Å². The summed E-state index contributed by atoms with van der Waals surface area (Å²) < 4.78 is 5.99. The third kappa shape index (κ3) is 4.97. The van der Waals surface area contributed by atoms with Gasteiger partial charge in [-0.2, -0.15) is 0 Å². The lowest BCUT2D eigenvalue weighted by Gasteiger charge is -2.32. The smallest absolute Gasteiger partial charge is 0.227 e. The molecule has 1 aliphatic rings. The number of nitrogens with one attached hydrogen (secondary N) is 1. The number of anilines is 2. The number of benzene rings is 3. The Hall–Kier alpha value is -3.64. The number of aromatic nitrogens is 2. The SMILES string of the molecule is O=C(Nc1ccccc1OCc1cccc(Cl)c1)C1CCN(c2ncnc3ccccc23)CC1. The highest BCUT2D eigenvalue weighted by atomic mass is 35.5. The molecule has 1 aromatic heterocycles. The normalized spacial score (nSPS) is 14.2. The Kier molecular flexibility index (Phi) is 6.58. The van der Waals surface area contributed by atoms with Crippen LogP contribution in [-0.4, -0.2) is 29.0 Å². The molecule has 2 heterocycles. The maximum atomic E-state index is 13.1. The van der Waals surface area contributed by atoms with E-state index in [-0.39, 0.29) is 11.8 Å². The summed E-state index contributed by atoms with van der Waals surface area (Å²) in [4.78, 5) is 24.2. The van der Waals surface area contributed by atoms with E-state index in [9.17, 15) is 4.79 Å². The van der Waals surface area contributed by atoms with Crippen LogP contribution in [0.15, 0.2) is 79.1 Å². The molecule has 1 aliphatic heterocycles. The predicted molar refractivity (Wildman–Crippen MR) is 135 cm³/mol. The zero-order valence-corrected chi connectivity index (χ0v) is 19.4. The van der Waals surface area contributed by atoms with Crippen molar-refractivity contribution in [2.45, 2.75) is 19.4 Å². The molecular formula is C27H25ClN4O2. The van der Waals surface area contributed by atoms with E-state index >= 15 is 0 Å². The zero-order chi connectivity index (χ0) is 23.3. The molecule has 172 valence electrons. The van der Waals surface area contributed by atoms with Gasteiger partial charge < -0.3 is 15.0 Å². The third-order valence-corrected chi connectivity index (χ3v) is 6.35. The number of halogens is 1. The summed E-state index contributed by atoms with van der Waals surface area (Å²) in [6, 6.07) is 23.1. The van der Waals surface area contributed by atoms with Crippen LogP contribution in [0.3, 0.4) is 0 Å². The van der Waals surface area contributed by atoms with Crippen LogP contribution in [0.4, 0.5) is 11.5 Å². The molecule has 1 saturated heterocycles. The minimum Gasteiger partial charge on any atom is -0.487 e. The van der Waals surface area contributed by atoms with E-state index in [4.69, 9.17) is 16.3 Å². The van der Waals surface area contributed by atoms with Crippen LogP contribution in [0.5, 0.6) is 5.75 Å². The molecule has 0 aliphatic carbocycles. The van der Waals surface area contributed by atoms with Gasteiger partial charge in [0.1, 0.15) is 24.5 Å². The van der Waals surface area contributed by atoms with E-state index in [0.29, 0.717) is 23.1 Å². The van der Waals surface area contributed by atoms with Gasteiger partial charge in [-0.15, -0.1) is 0 Å². The van der Waals surface area contributed by atoms with Gasteiger partial charge in [-0.25, -0.2) is 9.97 Å². The van der Waals surface area contributed by atoms with Gasteiger partial charge >= 0.3 is 0 Å². The van der Waals surface area contributed by atoms with Crippen LogP contribution < -0.4 is 15.0 Å². The maximum Gasteiger partial charge on any atom is 0.227 e. The van der Waals surface area contributed by atoms with E-state index in [0.717, 1.165) is 48.2 Å². The van der Waals surface area contributed by atoms with Crippen molar-refractivity contribution in [2.75, 3.05) is 23.3 Å². The molecule has 0 atom stereocenters. The first-order chi connectivity index (χ1) is 16.7. The van der Waals surface area contributed by atoms with Crippen molar-refractivity contribution >= 4 is 39.9 Å². The van der Waals surface area contributed by atoms with Crippen molar-refractivity contribution in [3.05, 3.63) is 89.7 Å². The number of para-hydroxylation sites is 3. The largest absolute Gasteiger partial charge is 0.487 e. The second-order valence-electron chi connectivity index (χ2n) is 8.38. The van der Waals surface area contributed by atoms with Gasteiger partial charge in [-0.1, -0.05) is 48.0 Å². The number of nitrogens with zero attached hydrogens (tertiary/aromatic N) is 3. The first kappa shape index (κ1) is 22.2. The van der Waals surface area contributed by atoms with Crippen molar-refractivity contribution < 1.29 is 9.53 Å². The molecule has 4 aromatic rings. The second-order valence-corrected chi connectivity index (χ2v) is 8.82. The molecule has 7 heteroatoms. The lowest BCUT2D eigenvalue weighted by Crippen LogP contribution is -2.38. The molecule has 1 N–H and O–H groups in total. The fourth-order valence-electron chi connectivity index (χ4n) is 4.31. The molecule has 1 amide bonds. The second kappa shape index (κ2) is 10.1. The number of hydrogen-bond acceptors (Lipinski definition) is 5. The number of carbonyl (C=O) groups is 1. The quantitative estimate of drug-likeness (QED) is 0.389. The number of rotatable bonds is 6. The molecule has 1 fully saturated rings. The molecule has 0 saturated carbocycles. The molecule has 5 rings (SSSR count). The van der Waals surface area contributed by atoms with E-state index in [2.05, 4.69) is 20.2 Å². The van der Waals surface area contributed by atoms with Crippen LogP contribution in [-0.2, 0) is 11.4 Å². The molecule has 6 nitrogen and oxygen atoms in total. The van der Waals surface area contributed by atoms with Crippen molar-refractivity contribution in [3.8, 4) is 5.75 Å². The molecule has 0 bridgehead atoms. The van der Waals surface area contributed by atoms with E-state index in [1.54, 1.807) is 6.33 Å². The summed E-state index contributed by atoms with van der Waals surface area (Å²) in [7, 11) is 0. The highest BCUT2D eigenvalue weighted by Gasteiger charge is 2.27. The first-order valence-corrected chi connectivity index (χ1v) is 11.8. The van der Waals surface area contributed by atoms with E-state index in [1.807, 2.05) is 72.8 Å². The fourth-order valence-corrected chi connectivity index (χ4v) is 4.53. The van der Waals surface area contributed by atoms with E-state index < -0.39 is 0 Å². The molecule has 34 heavy (non-hydrogen) atoms.